The van der Waals surface area contributed by atoms with Crippen molar-refractivity contribution in [2.45, 2.75) is 25.8 Å². The van der Waals surface area contributed by atoms with Gasteiger partial charge in [-0.3, -0.25) is 0 Å². The van der Waals surface area contributed by atoms with Crippen molar-refractivity contribution in [1.82, 2.24) is 14.8 Å². The zero-order chi connectivity index (χ0) is 13.3. The molecule has 1 aromatic heterocycles. The summed E-state index contributed by atoms with van der Waals surface area (Å²) in [6.45, 7) is 3.75. The van der Waals surface area contributed by atoms with E-state index in [4.69, 9.17) is 11.6 Å². The molecule has 96 valence electrons. The van der Waals surface area contributed by atoms with Crippen LogP contribution in [0.1, 0.15) is 25.7 Å². The van der Waals surface area contributed by atoms with Gasteiger partial charge in [-0.15, -0.1) is 21.8 Å². The molecule has 6 heteroatoms. The first-order chi connectivity index (χ1) is 8.56. The molecule has 0 saturated carbocycles. The molecule has 0 N–H and O–H groups in total. The first-order valence-electron chi connectivity index (χ1n) is 5.50. The topological polar surface area (TPSA) is 30.7 Å². The van der Waals surface area contributed by atoms with E-state index in [2.05, 4.69) is 10.2 Å². The molecule has 2 rings (SSSR count). The molecule has 0 atom stereocenters. The van der Waals surface area contributed by atoms with Gasteiger partial charge in [0.25, 0.3) is 0 Å². The number of hydrogen-bond acceptors (Lipinski definition) is 2. The van der Waals surface area contributed by atoms with Crippen molar-refractivity contribution >= 4 is 11.6 Å². The lowest BCUT2D eigenvalue weighted by Crippen LogP contribution is -2.08. The van der Waals surface area contributed by atoms with E-state index in [1.54, 1.807) is 4.57 Å². The highest BCUT2D eigenvalue weighted by Gasteiger charge is 2.21. The van der Waals surface area contributed by atoms with Crippen molar-refractivity contribution in [3.05, 3.63) is 35.7 Å². The molecule has 0 amide bonds. The first-order valence-corrected chi connectivity index (χ1v) is 6.03. The second-order valence-electron chi connectivity index (χ2n) is 4.13. The maximum atomic E-state index is 13.7. The Bertz CT molecular complexity index is 546. The minimum absolute atomic E-state index is 0.0391. The van der Waals surface area contributed by atoms with Crippen LogP contribution in [0.2, 0.25) is 0 Å². The lowest BCUT2D eigenvalue weighted by atomic mass is 10.1. The van der Waals surface area contributed by atoms with Crippen LogP contribution in [0.3, 0.4) is 0 Å². The Labute approximate surface area is 108 Å². The van der Waals surface area contributed by atoms with Gasteiger partial charge in [-0.25, -0.2) is 8.78 Å². The quantitative estimate of drug-likeness (QED) is 0.800. The van der Waals surface area contributed by atoms with E-state index < -0.39 is 11.6 Å². The van der Waals surface area contributed by atoms with Crippen LogP contribution in [-0.2, 0) is 5.88 Å². The molecule has 0 aliphatic rings. The van der Waals surface area contributed by atoms with Crippen LogP contribution in [0.25, 0.3) is 11.4 Å². The largest absolute Gasteiger partial charge is 0.307 e. The van der Waals surface area contributed by atoms with E-state index >= 15 is 0 Å². The van der Waals surface area contributed by atoms with Crippen LogP contribution >= 0.6 is 11.6 Å². The number of hydrogen-bond donors (Lipinski definition) is 0. The fourth-order valence-electron chi connectivity index (χ4n) is 1.84. The van der Waals surface area contributed by atoms with Crippen molar-refractivity contribution in [2.24, 2.45) is 0 Å². The van der Waals surface area contributed by atoms with E-state index in [9.17, 15) is 8.78 Å². The second-order valence-corrected chi connectivity index (χ2v) is 4.40. The van der Waals surface area contributed by atoms with Crippen molar-refractivity contribution in [2.75, 3.05) is 0 Å². The van der Waals surface area contributed by atoms with Gasteiger partial charge in [0.05, 0.1) is 11.4 Å². The van der Waals surface area contributed by atoms with Gasteiger partial charge in [-0.2, -0.15) is 0 Å². The van der Waals surface area contributed by atoms with Gasteiger partial charge in [-0.1, -0.05) is 6.07 Å². The maximum absolute atomic E-state index is 13.7. The minimum atomic E-state index is -0.662. The van der Waals surface area contributed by atoms with E-state index in [1.807, 2.05) is 13.8 Å². The zero-order valence-electron chi connectivity index (χ0n) is 9.99. The first kappa shape index (κ1) is 13.0. The molecular formula is C12H12ClF2N3. The molecule has 1 aromatic carbocycles. The van der Waals surface area contributed by atoms with Crippen molar-refractivity contribution in [3.63, 3.8) is 0 Å². The molecule has 1 heterocycles. The maximum Gasteiger partial charge on any atom is 0.170 e. The Morgan fingerprint density at radius 1 is 1.22 bits per heavy atom. The predicted octanol–water partition coefficient (Wildman–Crippen LogP) is 3.54. The van der Waals surface area contributed by atoms with Gasteiger partial charge in [0.2, 0.25) is 0 Å². The summed E-state index contributed by atoms with van der Waals surface area (Å²) in [4.78, 5) is 0. The third-order valence-corrected chi connectivity index (χ3v) is 2.83. The van der Waals surface area contributed by atoms with Crippen LogP contribution < -0.4 is 0 Å². The number of benzene rings is 1. The zero-order valence-corrected chi connectivity index (χ0v) is 10.7. The van der Waals surface area contributed by atoms with Gasteiger partial charge in [0, 0.05) is 6.04 Å². The summed E-state index contributed by atoms with van der Waals surface area (Å²) in [5, 5.41) is 7.71. The fraction of sp³-hybridized carbons (Fsp3) is 0.333. The van der Waals surface area contributed by atoms with Crippen LogP contribution in [-0.4, -0.2) is 14.8 Å². The molecule has 0 bridgehead atoms. The van der Waals surface area contributed by atoms with Crippen molar-refractivity contribution < 1.29 is 8.78 Å². The molecule has 18 heavy (non-hydrogen) atoms. The van der Waals surface area contributed by atoms with Crippen LogP contribution in [0.15, 0.2) is 18.2 Å². The summed E-state index contributed by atoms with van der Waals surface area (Å²) in [6, 6.07) is 3.66. The Hall–Kier alpha value is -1.49. The number of aromatic nitrogens is 3. The minimum Gasteiger partial charge on any atom is -0.307 e. The molecule has 2 aromatic rings. The highest BCUT2D eigenvalue weighted by atomic mass is 35.5. The predicted molar refractivity (Wildman–Crippen MR) is 65.3 cm³/mol. The van der Waals surface area contributed by atoms with Gasteiger partial charge in [0.1, 0.15) is 17.5 Å². The average Bonchev–Trinajstić information content (AvgIpc) is 2.72. The monoisotopic (exact) mass is 271 g/mol. The summed E-state index contributed by atoms with van der Waals surface area (Å²) in [5.74, 6) is -0.530. The molecule has 0 aliphatic carbocycles. The second kappa shape index (κ2) is 5.02. The SMILES string of the molecule is CC(C)n1c(CCl)nnc1-c1c(F)cccc1F. The summed E-state index contributed by atoms with van der Waals surface area (Å²) >= 11 is 5.75. The molecule has 0 fully saturated rings. The normalized spacial score (nSPS) is 11.2. The summed E-state index contributed by atoms with van der Waals surface area (Å²) < 4.78 is 29.1. The van der Waals surface area contributed by atoms with Gasteiger partial charge in [-0.05, 0) is 26.0 Å². The molecule has 0 spiro atoms. The number of alkyl halides is 1. The summed E-state index contributed by atoms with van der Waals surface area (Å²) in [6.07, 6.45) is 0. The smallest absolute Gasteiger partial charge is 0.170 e. The fourth-order valence-corrected chi connectivity index (χ4v) is 2.02. The van der Waals surface area contributed by atoms with Crippen molar-refractivity contribution in [1.29, 1.82) is 0 Å². The molecule has 3 nitrogen and oxygen atoms in total. The number of nitrogens with zero attached hydrogens (tertiary/aromatic N) is 3. The van der Waals surface area contributed by atoms with E-state index in [0.717, 1.165) is 0 Å². The summed E-state index contributed by atoms with van der Waals surface area (Å²) in [5.41, 5.74) is -0.171. The molecule has 0 radical (unpaired) electrons. The van der Waals surface area contributed by atoms with E-state index in [-0.39, 0.29) is 23.3 Å². The van der Waals surface area contributed by atoms with Crippen LogP contribution in [0.4, 0.5) is 8.78 Å². The highest BCUT2D eigenvalue weighted by molar-refractivity contribution is 6.16. The van der Waals surface area contributed by atoms with Gasteiger partial charge >= 0.3 is 0 Å². The van der Waals surface area contributed by atoms with E-state index in [1.165, 1.54) is 18.2 Å². The third kappa shape index (κ3) is 2.10. The Morgan fingerprint density at radius 3 is 2.33 bits per heavy atom. The van der Waals surface area contributed by atoms with Crippen LogP contribution in [0, 0.1) is 11.6 Å². The van der Waals surface area contributed by atoms with Gasteiger partial charge < -0.3 is 4.57 Å². The van der Waals surface area contributed by atoms with Crippen molar-refractivity contribution in [3.8, 4) is 11.4 Å². The Morgan fingerprint density at radius 2 is 1.83 bits per heavy atom. The summed E-state index contributed by atoms with van der Waals surface area (Å²) in [7, 11) is 0. The highest BCUT2D eigenvalue weighted by Crippen LogP contribution is 2.27. The van der Waals surface area contributed by atoms with Gasteiger partial charge in [0.15, 0.2) is 5.82 Å². The average molecular weight is 272 g/mol. The Kier molecular flexibility index (Phi) is 3.61. The Balaban J connectivity index is 2.68. The lowest BCUT2D eigenvalue weighted by Gasteiger charge is -2.13. The molecule has 0 aliphatic heterocycles. The van der Waals surface area contributed by atoms with E-state index in [0.29, 0.717) is 5.82 Å². The number of halogens is 3. The molecule has 0 unspecified atom stereocenters. The molecule has 0 saturated heterocycles. The lowest BCUT2D eigenvalue weighted by molar-refractivity contribution is 0.562. The number of rotatable bonds is 3. The molecular weight excluding hydrogens is 260 g/mol. The van der Waals surface area contributed by atoms with Crippen LogP contribution in [0.5, 0.6) is 0 Å². The third-order valence-electron chi connectivity index (χ3n) is 2.59. The standard InChI is InChI=1S/C12H12ClF2N3/c1-7(2)18-10(6-13)16-17-12(18)11-8(14)4-3-5-9(11)15/h3-5,7H,6H2,1-2H3.